The summed E-state index contributed by atoms with van der Waals surface area (Å²) in [5.74, 6) is -1.01. The number of hydrogen-bond acceptors (Lipinski definition) is 2. The number of rotatable bonds is 3. The lowest BCUT2D eigenvalue weighted by atomic mass is 9.81. The second kappa shape index (κ2) is 6.47. The highest BCUT2D eigenvalue weighted by Crippen LogP contribution is 2.29. The molecular formula is C15H18Cl2N2O. The van der Waals surface area contributed by atoms with Crippen LogP contribution in [-0.2, 0) is 4.79 Å². The van der Waals surface area contributed by atoms with Crippen LogP contribution in [0.2, 0.25) is 10.0 Å². The lowest BCUT2D eigenvalue weighted by Crippen LogP contribution is -2.38. The molecule has 0 aliphatic heterocycles. The van der Waals surface area contributed by atoms with Gasteiger partial charge in [-0.2, -0.15) is 5.26 Å². The van der Waals surface area contributed by atoms with Crippen molar-refractivity contribution in [3.05, 3.63) is 33.8 Å². The summed E-state index contributed by atoms with van der Waals surface area (Å²) in [6.07, 6.45) is 0. The number of nitrogens with zero attached hydrogens (tertiary/aromatic N) is 1. The van der Waals surface area contributed by atoms with E-state index in [0.29, 0.717) is 10.0 Å². The van der Waals surface area contributed by atoms with Gasteiger partial charge in [0, 0.05) is 10.0 Å². The molecule has 3 nitrogen and oxygen atoms in total. The minimum atomic E-state index is -0.712. The van der Waals surface area contributed by atoms with E-state index in [0.717, 1.165) is 5.56 Å². The zero-order valence-corrected chi connectivity index (χ0v) is 13.5. The predicted octanol–water partition coefficient (Wildman–Crippen LogP) is 4.36. The Balaban J connectivity index is 2.88. The number of halogens is 2. The molecule has 0 aliphatic rings. The van der Waals surface area contributed by atoms with Crippen molar-refractivity contribution in [3.8, 4) is 6.07 Å². The Kier molecular flexibility index (Phi) is 5.44. The molecule has 0 fully saturated rings. The number of nitrogens with one attached hydrogen (secondary N) is 1. The van der Waals surface area contributed by atoms with Crippen LogP contribution in [0.3, 0.4) is 0 Å². The van der Waals surface area contributed by atoms with E-state index in [1.807, 2.05) is 27.7 Å². The van der Waals surface area contributed by atoms with Crippen molar-refractivity contribution in [1.29, 1.82) is 5.26 Å². The van der Waals surface area contributed by atoms with Crippen LogP contribution in [0, 0.1) is 22.7 Å². The van der Waals surface area contributed by atoms with E-state index in [9.17, 15) is 4.79 Å². The fourth-order valence-corrected chi connectivity index (χ4v) is 2.44. The van der Waals surface area contributed by atoms with Crippen molar-refractivity contribution < 1.29 is 4.79 Å². The first kappa shape index (κ1) is 16.8. The van der Waals surface area contributed by atoms with Crippen LogP contribution in [0.25, 0.3) is 0 Å². The summed E-state index contributed by atoms with van der Waals surface area (Å²) in [5, 5.41) is 13.0. The Bertz CT molecular complexity index is 544. The molecule has 0 aromatic heterocycles. The molecular weight excluding hydrogens is 295 g/mol. The topological polar surface area (TPSA) is 52.9 Å². The molecule has 0 saturated heterocycles. The monoisotopic (exact) mass is 312 g/mol. The number of nitriles is 1. The molecule has 108 valence electrons. The van der Waals surface area contributed by atoms with Gasteiger partial charge in [-0.3, -0.25) is 4.79 Å². The van der Waals surface area contributed by atoms with Crippen LogP contribution in [0.1, 0.15) is 39.3 Å². The molecule has 20 heavy (non-hydrogen) atoms. The van der Waals surface area contributed by atoms with Crippen molar-refractivity contribution in [2.45, 2.75) is 33.7 Å². The van der Waals surface area contributed by atoms with Gasteiger partial charge in [0.15, 0.2) is 0 Å². The molecule has 1 N–H and O–H groups in total. The molecule has 1 aromatic rings. The zero-order valence-electron chi connectivity index (χ0n) is 12.0. The van der Waals surface area contributed by atoms with Crippen LogP contribution in [-0.4, -0.2) is 5.91 Å². The molecule has 2 atom stereocenters. The van der Waals surface area contributed by atoms with Crippen molar-refractivity contribution in [2.75, 3.05) is 0 Å². The fraction of sp³-hybridized carbons (Fsp3) is 0.467. The van der Waals surface area contributed by atoms with E-state index in [1.54, 1.807) is 18.2 Å². The third-order valence-corrected chi connectivity index (χ3v) is 3.61. The standard InChI is InChI=1S/C15H18Cl2N2O/c1-9(11-6-5-10(16)7-13(11)17)19-14(20)12(8-18)15(2,3)4/h5-7,9,12H,1-4H3,(H,19,20)/t9-,12?/m1/s1. The Morgan fingerprint density at radius 3 is 2.40 bits per heavy atom. The molecule has 0 radical (unpaired) electrons. The second-order valence-corrected chi connectivity index (χ2v) is 6.67. The summed E-state index contributed by atoms with van der Waals surface area (Å²) in [4.78, 5) is 12.2. The molecule has 1 rings (SSSR count). The Morgan fingerprint density at radius 2 is 1.95 bits per heavy atom. The molecule has 1 unspecified atom stereocenters. The first-order valence-corrected chi connectivity index (χ1v) is 7.07. The fourth-order valence-electron chi connectivity index (χ4n) is 1.87. The third kappa shape index (κ3) is 4.13. The van der Waals surface area contributed by atoms with Gasteiger partial charge in [0.05, 0.1) is 12.1 Å². The minimum absolute atomic E-state index is 0.287. The second-order valence-electron chi connectivity index (χ2n) is 5.82. The number of amides is 1. The largest absolute Gasteiger partial charge is 0.348 e. The maximum absolute atomic E-state index is 12.2. The van der Waals surface area contributed by atoms with Crippen molar-refractivity contribution >= 4 is 29.1 Å². The van der Waals surface area contributed by atoms with Crippen LogP contribution in [0.5, 0.6) is 0 Å². The number of hydrogen-bond donors (Lipinski definition) is 1. The Morgan fingerprint density at radius 1 is 1.35 bits per heavy atom. The maximum atomic E-state index is 12.2. The summed E-state index contributed by atoms with van der Waals surface area (Å²) >= 11 is 12.0. The van der Waals surface area contributed by atoms with Crippen molar-refractivity contribution in [3.63, 3.8) is 0 Å². The van der Waals surface area contributed by atoms with Crippen molar-refractivity contribution in [1.82, 2.24) is 5.32 Å². The molecule has 0 saturated carbocycles. The Hall–Kier alpha value is -1.24. The highest BCUT2D eigenvalue weighted by Gasteiger charge is 2.32. The number of carbonyl (C=O) groups is 1. The van der Waals surface area contributed by atoms with Crippen LogP contribution >= 0.6 is 23.2 Å². The summed E-state index contributed by atoms with van der Waals surface area (Å²) in [6.45, 7) is 7.41. The molecule has 0 heterocycles. The molecule has 0 aliphatic carbocycles. The quantitative estimate of drug-likeness (QED) is 0.901. The first-order valence-electron chi connectivity index (χ1n) is 6.31. The van der Waals surface area contributed by atoms with E-state index in [-0.39, 0.29) is 11.9 Å². The summed E-state index contributed by atoms with van der Waals surface area (Å²) < 4.78 is 0. The van der Waals surface area contributed by atoms with Gasteiger partial charge < -0.3 is 5.32 Å². The van der Waals surface area contributed by atoms with Gasteiger partial charge >= 0.3 is 0 Å². The summed E-state index contributed by atoms with van der Waals surface area (Å²) in [6, 6.07) is 6.89. The predicted molar refractivity (Wildman–Crippen MR) is 81.6 cm³/mol. The van der Waals surface area contributed by atoms with Gasteiger partial charge in [-0.1, -0.05) is 50.0 Å². The highest BCUT2D eigenvalue weighted by molar-refractivity contribution is 6.35. The maximum Gasteiger partial charge on any atom is 0.238 e. The smallest absolute Gasteiger partial charge is 0.238 e. The third-order valence-electron chi connectivity index (χ3n) is 3.05. The van der Waals surface area contributed by atoms with Gasteiger partial charge in [0.1, 0.15) is 5.92 Å². The average molecular weight is 313 g/mol. The molecule has 5 heteroatoms. The average Bonchev–Trinajstić information content (AvgIpc) is 2.27. The van der Waals surface area contributed by atoms with E-state index in [4.69, 9.17) is 28.5 Å². The van der Waals surface area contributed by atoms with Crippen LogP contribution in [0.15, 0.2) is 18.2 Å². The van der Waals surface area contributed by atoms with E-state index < -0.39 is 11.3 Å². The lowest BCUT2D eigenvalue weighted by Gasteiger charge is -2.25. The molecule has 0 spiro atoms. The first-order chi connectivity index (χ1) is 9.16. The van der Waals surface area contributed by atoms with E-state index in [2.05, 4.69) is 11.4 Å². The summed E-state index contributed by atoms with van der Waals surface area (Å²) in [5.41, 5.74) is 0.359. The highest BCUT2D eigenvalue weighted by atomic mass is 35.5. The van der Waals surface area contributed by atoms with Gasteiger partial charge in [0.2, 0.25) is 5.91 Å². The van der Waals surface area contributed by atoms with E-state index in [1.165, 1.54) is 0 Å². The molecule has 0 bridgehead atoms. The zero-order chi connectivity index (χ0) is 15.5. The van der Waals surface area contributed by atoms with Gasteiger partial charge in [0.25, 0.3) is 0 Å². The minimum Gasteiger partial charge on any atom is -0.348 e. The van der Waals surface area contributed by atoms with Gasteiger partial charge in [-0.25, -0.2) is 0 Å². The van der Waals surface area contributed by atoms with Gasteiger partial charge in [-0.15, -0.1) is 0 Å². The van der Waals surface area contributed by atoms with Crippen LogP contribution in [0.4, 0.5) is 0 Å². The van der Waals surface area contributed by atoms with Gasteiger partial charge in [-0.05, 0) is 30.0 Å². The Labute approximate surface area is 129 Å². The molecule has 1 aromatic carbocycles. The lowest BCUT2D eigenvalue weighted by molar-refractivity contribution is -0.126. The molecule has 1 amide bonds. The van der Waals surface area contributed by atoms with E-state index >= 15 is 0 Å². The van der Waals surface area contributed by atoms with Crippen LogP contribution < -0.4 is 5.32 Å². The normalized spacial score (nSPS) is 14.2. The number of carbonyl (C=O) groups excluding carboxylic acids is 1. The van der Waals surface area contributed by atoms with Crippen molar-refractivity contribution in [2.24, 2.45) is 11.3 Å². The number of benzene rings is 1. The SMILES string of the molecule is C[C@@H](NC(=O)C(C#N)C(C)(C)C)c1ccc(Cl)cc1Cl. The summed E-state index contributed by atoms with van der Waals surface area (Å²) in [7, 11) is 0.